The number of hydrazone groups is 1. The summed E-state index contributed by atoms with van der Waals surface area (Å²) in [5.74, 6) is -0.647. The average Bonchev–Trinajstić information content (AvgIpc) is 2.97. The molecular formula is C17H19Cl2N3O4S. The van der Waals surface area contributed by atoms with Crippen LogP contribution in [0.5, 0.6) is 0 Å². The molecule has 1 aromatic rings. The van der Waals surface area contributed by atoms with E-state index < -0.39 is 15.9 Å². The molecule has 0 saturated carbocycles. The van der Waals surface area contributed by atoms with Gasteiger partial charge in [-0.3, -0.25) is 9.59 Å². The third kappa shape index (κ3) is 4.62. The van der Waals surface area contributed by atoms with Gasteiger partial charge in [-0.15, -0.1) is 0 Å². The van der Waals surface area contributed by atoms with E-state index in [4.69, 9.17) is 23.2 Å². The van der Waals surface area contributed by atoms with E-state index in [0.717, 1.165) is 5.56 Å². The predicted molar refractivity (Wildman–Crippen MR) is 104 cm³/mol. The minimum atomic E-state index is -3.16. The van der Waals surface area contributed by atoms with Gasteiger partial charge in [-0.05, 0) is 24.1 Å². The summed E-state index contributed by atoms with van der Waals surface area (Å²) in [5, 5.41) is 6.35. The standard InChI is InChI=1S/C17H19Cl2N3O4S/c1-21(9-11-2-3-12(18)8-14(11)19)17(24)15-4-5-16(23)22(20-15)13-6-7-27(25,26)10-13/h2-3,8,13H,4-7,9-10H2,1H3/t13-/m0/s1. The molecule has 146 valence electrons. The summed E-state index contributed by atoms with van der Waals surface area (Å²) in [6.45, 7) is 0.264. The SMILES string of the molecule is CN(Cc1ccc(Cl)cc1Cl)C(=O)C1=NN([C@H]2CCS(=O)(=O)C2)C(=O)CC1. The number of hydrogen-bond donors (Lipinski definition) is 0. The maximum Gasteiger partial charge on any atom is 0.270 e. The number of halogens is 2. The lowest BCUT2D eigenvalue weighted by Gasteiger charge is -2.29. The molecule has 27 heavy (non-hydrogen) atoms. The molecule has 0 bridgehead atoms. The van der Waals surface area contributed by atoms with Crippen molar-refractivity contribution in [3.05, 3.63) is 33.8 Å². The van der Waals surface area contributed by atoms with Crippen LogP contribution in [0, 0.1) is 0 Å². The Kier molecular flexibility index (Phi) is 5.79. The monoisotopic (exact) mass is 431 g/mol. The Labute approximate surface area is 167 Å². The number of hydrogen-bond acceptors (Lipinski definition) is 5. The molecule has 0 unspecified atom stereocenters. The second-order valence-corrected chi connectivity index (χ2v) is 9.81. The summed E-state index contributed by atoms with van der Waals surface area (Å²) in [7, 11) is -1.53. The average molecular weight is 432 g/mol. The lowest BCUT2D eigenvalue weighted by atomic mass is 10.1. The van der Waals surface area contributed by atoms with Gasteiger partial charge in [0.1, 0.15) is 5.71 Å². The highest BCUT2D eigenvalue weighted by molar-refractivity contribution is 7.91. The van der Waals surface area contributed by atoms with Crippen molar-refractivity contribution in [1.29, 1.82) is 0 Å². The van der Waals surface area contributed by atoms with E-state index in [9.17, 15) is 18.0 Å². The Balaban J connectivity index is 1.74. The Bertz CT molecular complexity index is 917. The molecule has 0 aliphatic carbocycles. The zero-order valence-electron chi connectivity index (χ0n) is 14.7. The summed E-state index contributed by atoms with van der Waals surface area (Å²) >= 11 is 12.0. The molecule has 1 aromatic carbocycles. The van der Waals surface area contributed by atoms with Crippen LogP contribution >= 0.6 is 23.2 Å². The van der Waals surface area contributed by atoms with Crippen LogP contribution in [-0.4, -0.2) is 60.4 Å². The normalized spacial score (nSPS) is 21.9. The molecule has 0 spiro atoms. The van der Waals surface area contributed by atoms with Gasteiger partial charge in [0.05, 0.1) is 17.5 Å². The highest BCUT2D eigenvalue weighted by atomic mass is 35.5. The number of benzene rings is 1. The van der Waals surface area contributed by atoms with Gasteiger partial charge in [0.2, 0.25) is 5.91 Å². The molecule has 7 nitrogen and oxygen atoms in total. The number of carbonyl (C=O) groups excluding carboxylic acids is 2. The van der Waals surface area contributed by atoms with Crippen LogP contribution in [0.4, 0.5) is 0 Å². The predicted octanol–water partition coefficient (Wildman–Crippen LogP) is 2.12. The van der Waals surface area contributed by atoms with E-state index in [1.807, 2.05) is 0 Å². The van der Waals surface area contributed by atoms with Crippen LogP contribution in [0.15, 0.2) is 23.3 Å². The summed E-state index contributed by atoms with van der Waals surface area (Å²) in [6, 6.07) is 4.55. The topological polar surface area (TPSA) is 87.1 Å². The molecule has 3 rings (SSSR count). The van der Waals surface area contributed by atoms with Gasteiger partial charge in [0.15, 0.2) is 9.84 Å². The van der Waals surface area contributed by atoms with Crippen LogP contribution in [0.2, 0.25) is 10.0 Å². The maximum absolute atomic E-state index is 12.7. The van der Waals surface area contributed by atoms with Crippen LogP contribution < -0.4 is 0 Å². The van der Waals surface area contributed by atoms with Crippen LogP contribution in [0.25, 0.3) is 0 Å². The second-order valence-electron chi connectivity index (χ2n) is 6.74. The first-order valence-corrected chi connectivity index (χ1v) is 11.0. The fraction of sp³-hybridized carbons (Fsp3) is 0.471. The van der Waals surface area contributed by atoms with Crippen LogP contribution in [0.3, 0.4) is 0 Å². The van der Waals surface area contributed by atoms with Crippen molar-refractivity contribution in [3.63, 3.8) is 0 Å². The number of sulfone groups is 1. The highest BCUT2D eigenvalue weighted by Gasteiger charge is 2.37. The van der Waals surface area contributed by atoms with Gasteiger partial charge in [-0.25, -0.2) is 13.4 Å². The van der Waals surface area contributed by atoms with Crippen LogP contribution in [-0.2, 0) is 26.0 Å². The molecular weight excluding hydrogens is 413 g/mol. The molecule has 1 atom stereocenters. The third-order valence-electron chi connectivity index (χ3n) is 4.63. The molecule has 0 N–H and O–H groups in total. The van der Waals surface area contributed by atoms with Crippen molar-refractivity contribution in [2.24, 2.45) is 5.10 Å². The lowest BCUT2D eigenvalue weighted by molar-refractivity contribution is -0.134. The van der Waals surface area contributed by atoms with E-state index in [1.54, 1.807) is 25.2 Å². The first-order chi connectivity index (χ1) is 12.7. The number of nitrogens with zero attached hydrogens (tertiary/aromatic N) is 3. The van der Waals surface area contributed by atoms with Gasteiger partial charge in [-0.1, -0.05) is 29.3 Å². The highest BCUT2D eigenvalue weighted by Crippen LogP contribution is 2.24. The quantitative estimate of drug-likeness (QED) is 0.730. The van der Waals surface area contributed by atoms with Gasteiger partial charge < -0.3 is 4.90 Å². The Hall–Kier alpha value is -1.64. The largest absolute Gasteiger partial charge is 0.336 e. The summed E-state index contributed by atoms with van der Waals surface area (Å²) in [5.41, 5.74) is 0.981. The number of carbonyl (C=O) groups is 2. The molecule has 1 saturated heterocycles. The zero-order valence-corrected chi connectivity index (χ0v) is 17.0. The van der Waals surface area contributed by atoms with E-state index >= 15 is 0 Å². The van der Waals surface area contributed by atoms with E-state index in [2.05, 4.69) is 5.10 Å². The van der Waals surface area contributed by atoms with Crippen LogP contribution in [0.1, 0.15) is 24.8 Å². The van der Waals surface area contributed by atoms with Gasteiger partial charge in [0.25, 0.3) is 5.91 Å². The fourth-order valence-electron chi connectivity index (χ4n) is 3.18. The molecule has 2 aliphatic heterocycles. The molecule has 2 heterocycles. The number of amides is 2. The molecule has 10 heteroatoms. The number of rotatable bonds is 4. The third-order valence-corrected chi connectivity index (χ3v) is 6.97. The summed E-state index contributed by atoms with van der Waals surface area (Å²) in [4.78, 5) is 26.4. The lowest BCUT2D eigenvalue weighted by Crippen LogP contribution is -2.44. The molecule has 0 radical (unpaired) electrons. The molecule has 2 amide bonds. The first kappa shape index (κ1) is 20.1. The van der Waals surface area contributed by atoms with E-state index in [0.29, 0.717) is 16.5 Å². The van der Waals surface area contributed by atoms with Crippen molar-refractivity contribution in [2.45, 2.75) is 31.8 Å². The van der Waals surface area contributed by atoms with E-state index in [-0.39, 0.29) is 48.4 Å². The smallest absolute Gasteiger partial charge is 0.270 e. The first-order valence-electron chi connectivity index (χ1n) is 8.45. The van der Waals surface area contributed by atoms with Crippen molar-refractivity contribution in [2.75, 3.05) is 18.6 Å². The zero-order chi connectivity index (χ0) is 19.8. The molecule has 2 aliphatic rings. The maximum atomic E-state index is 12.7. The minimum absolute atomic E-state index is 0.0369. The Morgan fingerprint density at radius 1 is 1.33 bits per heavy atom. The summed E-state index contributed by atoms with van der Waals surface area (Å²) < 4.78 is 23.4. The van der Waals surface area contributed by atoms with Crippen molar-refractivity contribution in [3.8, 4) is 0 Å². The fourth-order valence-corrected chi connectivity index (χ4v) is 5.34. The van der Waals surface area contributed by atoms with E-state index in [1.165, 1.54) is 9.91 Å². The van der Waals surface area contributed by atoms with Gasteiger partial charge >= 0.3 is 0 Å². The second kappa shape index (κ2) is 7.77. The van der Waals surface area contributed by atoms with Crippen molar-refractivity contribution < 1.29 is 18.0 Å². The van der Waals surface area contributed by atoms with Gasteiger partial charge in [-0.2, -0.15) is 5.10 Å². The summed E-state index contributed by atoms with van der Waals surface area (Å²) in [6.07, 6.45) is 0.707. The minimum Gasteiger partial charge on any atom is -0.336 e. The van der Waals surface area contributed by atoms with Crippen molar-refractivity contribution >= 4 is 50.6 Å². The Morgan fingerprint density at radius 2 is 2.07 bits per heavy atom. The van der Waals surface area contributed by atoms with Gasteiger partial charge in [0, 0.05) is 36.5 Å². The Morgan fingerprint density at radius 3 is 2.70 bits per heavy atom. The molecule has 1 fully saturated rings. The molecule has 0 aromatic heterocycles. The van der Waals surface area contributed by atoms with Crippen molar-refractivity contribution in [1.82, 2.24) is 9.91 Å².